The second-order valence-electron chi connectivity index (χ2n) is 2.42. The third-order valence-electron chi connectivity index (χ3n) is 0. The van der Waals surface area contributed by atoms with Crippen LogP contribution in [0.15, 0.2) is 0 Å². The van der Waals surface area contributed by atoms with Crippen molar-refractivity contribution in [2.45, 2.75) is 17.1 Å². The van der Waals surface area contributed by atoms with E-state index in [2.05, 4.69) is 45.0 Å². The Morgan fingerprint density at radius 2 is 1.00 bits per heavy atom. The Bertz CT molecular complexity index is 42.0. The molecule has 0 aromatic heterocycles. The van der Waals surface area contributed by atoms with Gasteiger partial charge in [-0.25, -0.2) is 0 Å². The van der Waals surface area contributed by atoms with Crippen molar-refractivity contribution in [2.75, 3.05) is 0 Å². The van der Waals surface area contributed by atoms with Crippen LogP contribution in [0.2, 0.25) is 17.1 Å². The molecule has 0 spiro atoms. The fourth-order valence-electron chi connectivity index (χ4n) is 0. The third kappa shape index (κ3) is 48.9. The molecule has 0 aliphatic rings. The van der Waals surface area contributed by atoms with Gasteiger partial charge in [-0.2, -0.15) is 0 Å². The zero-order valence-corrected chi connectivity index (χ0v) is 9.25. The van der Waals surface area contributed by atoms with Crippen molar-refractivity contribution in [3.05, 3.63) is 0 Å². The number of hydrogen-bond donors (Lipinski definition) is 0. The molecular weight excluding hydrogens is 271 g/mol. The van der Waals surface area contributed by atoms with Gasteiger partial charge in [-0.1, -0.05) is 0 Å². The van der Waals surface area contributed by atoms with Crippen LogP contribution in [-0.4, -0.2) is 8.72 Å². The Labute approximate surface area is 53.5 Å². The summed E-state index contributed by atoms with van der Waals surface area (Å²) in [6, 6.07) is 0. The van der Waals surface area contributed by atoms with Crippen LogP contribution in [0.4, 0.5) is 0 Å². The van der Waals surface area contributed by atoms with Crippen LogP contribution in [0.1, 0.15) is 0 Å². The van der Waals surface area contributed by atoms with Gasteiger partial charge in [0.05, 0.1) is 0 Å². The van der Waals surface area contributed by atoms with Gasteiger partial charge in [-0.15, -0.1) is 0 Å². The van der Waals surface area contributed by atoms with E-state index >= 15 is 0 Å². The fraction of sp³-hybridized carbons (Fsp3) is 1.00. The molecule has 0 aromatic rings. The van der Waals surface area contributed by atoms with Gasteiger partial charge >= 0.3 is 53.7 Å². The molecule has 0 amide bonds. The van der Waals surface area contributed by atoms with E-state index in [4.69, 9.17) is 0 Å². The third-order valence-corrected chi connectivity index (χ3v) is 0. The Balaban J connectivity index is 3.73. The zero-order valence-electron chi connectivity index (χ0n) is 4.20. The Kier molecular flexibility index (Phi) is 1.87. The summed E-state index contributed by atoms with van der Waals surface area (Å²) in [4.78, 5) is 0. The summed E-state index contributed by atoms with van der Waals surface area (Å²) in [7, 11) is -1.86. The van der Waals surface area contributed by atoms with E-state index in [1.807, 2.05) is 0 Å². The molecule has 0 nitrogen and oxygen atoms in total. The number of rotatable bonds is 0. The van der Waals surface area contributed by atoms with Gasteiger partial charge in [0.15, 0.2) is 0 Å². The van der Waals surface area contributed by atoms with E-state index < -0.39 is 8.72 Å². The second kappa shape index (κ2) is 1.50. The van der Waals surface area contributed by atoms with Crippen LogP contribution in [0.25, 0.3) is 0 Å². The molecular formula is C3H9AsBr2. The van der Waals surface area contributed by atoms with Crippen LogP contribution < -0.4 is 0 Å². The zero-order chi connectivity index (χ0) is 5.45. The summed E-state index contributed by atoms with van der Waals surface area (Å²) in [5.74, 6) is 0. The first-order chi connectivity index (χ1) is 2.24. The summed E-state index contributed by atoms with van der Waals surface area (Å²) in [5, 5.41) is 0. The van der Waals surface area contributed by atoms with Gasteiger partial charge in [0.25, 0.3) is 0 Å². The van der Waals surface area contributed by atoms with E-state index in [1.165, 1.54) is 0 Å². The molecule has 0 fully saturated rings. The van der Waals surface area contributed by atoms with Gasteiger partial charge in [-0.05, 0) is 0 Å². The van der Waals surface area contributed by atoms with Crippen molar-refractivity contribution >= 4 is 36.6 Å². The summed E-state index contributed by atoms with van der Waals surface area (Å²) in [6.45, 7) is 0. The SMILES string of the molecule is C[As](C)(C)(Br)Br. The summed E-state index contributed by atoms with van der Waals surface area (Å²) >= 11 is 7.15. The van der Waals surface area contributed by atoms with Gasteiger partial charge in [0, 0.05) is 0 Å². The first kappa shape index (κ1) is 7.52. The minimum absolute atomic E-state index is 1.86. The molecule has 3 heteroatoms. The van der Waals surface area contributed by atoms with Gasteiger partial charge < -0.3 is 0 Å². The molecule has 0 heterocycles. The summed E-state index contributed by atoms with van der Waals surface area (Å²) < 4.78 is 0. The fourth-order valence-corrected chi connectivity index (χ4v) is 0. The van der Waals surface area contributed by atoms with Crippen molar-refractivity contribution in [3.63, 3.8) is 0 Å². The normalized spacial score (nSPS) is 19.2. The van der Waals surface area contributed by atoms with Crippen LogP contribution in [-0.2, 0) is 0 Å². The Morgan fingerprint density at radius 3 is 1.00 bits per heavy atom. The van der Waals surface area contributed by atoms with Crippen molar-refractivity contribution in [2.24, 2.45) is 0 Å². The topological polar surface area (TPSA) is 0 Å². The van der Waals surface area contributed by atoms with Crippen LogP contribution in [0.3, 0.4) is 0 Å². The predicted octanol–water partition coefficient (Wildman–Crippen LogP) is 3.06. The van der Waals surface area contributed by atoms with Crippen LogP contribution in [0.5, 0.6) is 0 Å². The van der Waals surface area contributed by atoms with E-state index in [-0.39, 0.29) is 0 Å². The molecule has 0 aliphatic carbocycles. The standard InChI is InChI=1S/C3H9AsBr2/c1-4(2,3,5)6/h1-3H3. The molecule has 6 heavy (non-hydrogen) atoms. The molecule has 0 rings (SSSR count). The van der Waals surface area contributed by atoms with Gasteiger partial charge in [0.2, 0.25) is 0 Å². The maximum absolute atomic E-state index is 3.58. The maximum atomic E-state index is 3.58. The first-order valence-electron chi connectivity index (χ1n) is 1.68. The van der Waals surface area contributed by atoms with Crippen molar-refractivity contribution < 1.29 is 0 Å². The average Bonchev–Trinajstić information content (AvgIpc) is 0.650. The Hall–Kier alpha value is 1.52. The molecule has 0 unspecified atom stereocenters. The van der Waals surface area contributed by atoms with Crippen molar-refractivity contribution in [1.82, 2.24) is 0 Å². The minimum atomic E-state index is -1.86. The van der Waals surface area contributed by atoms with Crippen molar-refractivity contribution in [1.29, 1.82) is 0 Å². The van der Waals surface area contributed by atoms with Gasteiger partial charge in [-0.3, -0.25) is 0 Å². The number of halogens is 2. The molecule has 0 radical (unpaired) electrons. The summed E-state index contributed by atoms with van der Waals surface area (Å²) in [6.07, 6.45) is 0. The monoisotopic (exact) mass is 278 g/mol. The van der Waals surface area contributed by atoms with E-state index in [9.17, 15) is 0 Å². The van der Waals surface area contributed by atoms with E-state index in [1.54, 1.807) is 0 Å². The molecule has 0 saturated heterocycles. The van der Waals surface area contributed by atoms with Gasteiger partial charge in [0.1, 0.15) is 0 Å². The molecule has 0 bridgehead atoms. The van der Waals surface area contributed by atoms with Crippen LogP contribution >= 0.6 is 27.9 Å². The molecule has 0 saturated carbocycles. The Morgan fingerprint density at radius 1 is 1.00 bits per heavy atom. The predicted molar refractivity (Wildman–Crippen MR) is 41.2 cm³/mol. The quantitative estimate of drug-likeness (QED) is 0.598. The van der Waals surface area contributed by atoms with E-state index in [0.717, 1.165) is 0 Å². The first-order valence-corrected chi connectivity index (χ1v) is 16.1. The molecule has 0 aromatic carbocycles. The summed E-state index contributed by atoms with van der Waals surface area (Å²) in [5.41, 5.74) is 6.66. The number of hydrogen-bond acceptors (Lipinski definition) is 0. The molecule has 0 aliphatic heterocycles. The molecule has 0 atom stereocenters. The molecule has 0 N–H and O–H groups in total. The molecule has 40 valence electrons. The average molecular weight is 280 g/mol. The van der Waals surface area contributed by atoms with E-state index in [0.29, 0.717) is 0 Å². The van der Waals surface area contributed by atoms with Crippen LogP contribution in [0, 0.1) is 0 Å². The second-order valence-corrected chi connectivity index (χ2v) is 43.3. The van der Waals surface area contributed by atoms with Crippen molar-refractivity contribution in [3.8, 4) is 0 Å².